The summed E-state index contributed by atoms with van der Waals surface area (Å²) in [5.41, 5.74) is 0. The maximum Gasteiger partial charge on any atom is 0.318 e. The number of nitrogens with one attached hydrogen (secondary N) is 1. The van der Waals surface area contributed by atoms with Crippen molar-refractivity contribution < 1.29 is 4.79 Å². The summed E-state index contributed by atoms with van der Waals surface area (Å²) >= 11 is 1.63. The van der Waals surface area contributed by atoms with Gasteiger partial charge in [-0.2, -0.15) is 0 Å². The van der Waals surface area contributed by atoms with E-state index in [4.69, 9.17) is 0 Å². The Kier molecular flexibility index (Phi) is 4.01. The Hall–Kier alpha value is -1.10. The molecule has 0 spiro atoms. The molecular formula is C14H21N3OS. The molecule has 2 aliphatic rings. The Morgan fingerprint density at radius 3 is 2.74 bits per heavy atom. The molecule has 0 radical (unpaired) electrons. The van der Waals surface area contributed by atoms with Crippen LogP contribution in [0.25, 0.3) is 0 Å². The first-order valence-electron chi connectivity index (χ1n) is 7.28. The summed E-state index contributed by atoms with van der Waals surface area (Å²) in [6.07, 6.45) is 10.2. The summed E-state index contributed by atoms with van der Waals surface area (Å²) in [6.45, 7) is 0.668. The number of rotatable bonds is 4. The molecule has 0 atom stereocenters. The predicted octanol–water partition coefficient (Wildman–Crippen LogP) is 3.15. The van der Waals surface area contributed by atoms with E-state index in [1.165, 1.54) is 19.3 Å². The highest BCUT2D eigenvalue weighted by Crippen LogP contribution is 2.29. The van der Waals surface area contributed by atoms with E-state index in [1.807, 2.05) is 16.5 Å². The van der Waals surface area contributed by atoms with Gasteiger partial charge in [-0.3, -0.25) is 0 Å². The number of aromatic nitrogens is 1. The molecule has 2 amide bonds. The van der Waals surface area contributed by atoms with Gasteiger partial charge in [0.2, 0.25) is 0 Å². The Bertz CT molecular complexity index is 410. The van der Waals surface area contributed by atoms with Gasteiger partial charge in [0, 0.05) is 23.7 Å². The summed E-state index contributed by atoms with van der Waals surface area (Å²) in [5.74, 6) is 0. The van der Waals surface area contributed by atoms with Gasteiger partial charge >= 0.3 is 6.03 Å². The van der Waals surface area contributed by atoms with Crippen molar-refractivity contribution in [3.63, 3.8) is 0 Å². The Balaban J connectivity index is 1.57. The third-order valence-electron chi connectivity index (χ3n) is 3.97. The molecular weight excluding hydrogens is 258 g/mol. The zero-order valence-corrected chi connectivity index (χ0v) is 12.0. The van der Waals surface area contributed by atoms with Crippen LogP contribution in [0.2, 0.25) is 0 Å². The maximum absolute atomic E-state index is 12.4. The Morgan fingerprint density at radius 2 is 2.11 bits per heavy atom. The largest absolute Gasteiger partial charge is 0.335 e. The first-order valence-corrected chi connectivity index (χ1v) is 8.16. The van der Waals surface area contributed by atoms with E-state index in [9.17, 15) is 4.79 Å². The lowest BCUT2D eigenvalue weighted by Gasteiger charge is -2.28. The number of carbonyl (C=O) groups excluding carboxylic acids is 1. The third kappa shape index (κ3) is 3.47. The molecule has 0 unspecified atom stereocenters. The molecule has 1 N–H and O–H groups in total. The minimum atomic E-state index is 0.115. The molecule has 4 nitrogen and oxygen atoms in total. The molecule has 0 aromatic carbocycles. The van der Waals surface area contributed by atoms with Crippen LogP contribution < -0.4 is 5.32 Å². The predicted molar refractivity (Wildman–Crippen MR) is 76.1 cm³/mol. The topological polar surface area (TPSA) is 45.2 Å². The molecule has 0 saturated heterocycles. The van der Waals surface area contributed by atoms with E-state index in [0.29, 0.717) is 18.6 Å². The molecule has 19 heavy (non-hydrogen) atoms. The quantitative estimate of drug-likeness (QED) is 0.920. The van der Waals surface area contributed by atoms with Crippen LogP contribution in [0.15, 0.2) is 11.6 Å². The van der Waals surface area contributed by atoms with Crippen molar-refractivity contribution in [1.29, 1.82) is 0 Å². The van der Waals surface area contributed by atoms with Crippen LogP contribution in [0.3, 0.4) is 0 Å². The lowest BCUT2D eigenvalue weighted by atomic mass is 9.96. The highest BCUT2D eigenvalue weighted by Gasteiger charge is 2.33. The molecule has 2 saturated carbocycles. The maximum atomic E-state index is 12.4. The second kappa shape index (κ2) is 5.90. The lowest BCUT2D eigenvalue weighted by Crippen LogP contribution is -2.46. The number of thiazole rings is 1. The van der Waals surface area contributed by atoms with Gasteiger partial charge in [0.1, 0.15) is 5.01 Å². The smallest absolute Gasteiger partial charge is 0.318 e. The number of hydrogen-bond donors (Lipinski definition) is 1. The molecule has 2 fully saturated rings. The van der Waals surface area contributed by atoms with Crippen LogP contribution >= 0.6 is 11.3 Å². The van der Waals surface area contributed by atoms with Crippen LogP contribution in [-0.4, -0.2) is 28.0 Å². The zero-order valence-electron chi connectivity index (χ0n) is 11.2. The molecule has 104 valence electrons. The average molecular weight is 279 g/mol. The van der Waals surface area contributed by atoms with E-state index in [-0.39, 0.29) is 6.03 Å². The standard InChI is InChI=1S/C14H21N3OS/c18-14(16-11-4-2-1-3-5-11)17(12-6-7-12)10-13-15-8-9-19-13/h8-9,11-12H,1-7,10H2,(H,16,18). The van der Waals surface area contributed by atoms with Gasteiger partial charge < -0.3 is 10.2 Å². The molecule has 0 aliphatic heterocycles. The van der Waals surface area contributed by atoms with Gasteiger partial charge in [0.15, 0.2) is 0 Å². The van der Waals surface area contributed by atoms with E-state index in [1.54, 1.807) is 11.3 Å². The first-order chi connectivity index (χ1) is 9.33. The SMILES string of the molecule is O=C(NC1CCCCC1)N(Cc1nccs1)C1CC1. The molecule has 1 heterocycles. The average Bonchev–Trinajstić information content (AvgIpc) is 3.14. The zero-order chi connectivity index (χ0) is 13.1. The Labute approximate surface area is 118 Å². The van der Waals surface area contributed by atoms with E-state index >= 15 is 0 Å². The van der Waals surface area contributed by atoms with E-state index in [2.05, 4.69) is 10.3 Å². The molecule has 1 aromatic rings. The molecule has 1 aromatic heterocycles. The molecule has 0 bridgehead atoms. The van der Waals surface area contributed by atoms with Gasteiger partial charge in [0.05, 0.1) is 6.54 Å². The van der Waals surface area contributed by atoms with Crippen LogP contribution in [0.1, 0.15) is 50.0 Å². The first kappa shape index (κ1) is 12.9. The van der Waals surface area contributed by atoms with E-state index < -0.39 is 0 Å². The number of amides is 2. The van der Waals surface area contributed by atoms with Gasteiger partial charge in [-0.1, -0.05) is 19.3 Å². The van der Waals surface area contributed by atoms with Crippen molar-refractivity contribution in [3.8, 4) is 0 Å². The van der Waals surface area contributed by atoms with Gasteiger partial charge in [-0.25, -0.2) is 9.78 Å². The summed E-state index contributed by atoms with van der Waals surface area (Å²) in [5, 5.41) is 6.22. The summed E-state index contributed by atoms with van der Waals surface area (Å²) < 4.78 is 0. The van der Waals surface area contributed by atoms with E-state index in [0.717, 1.165) is 30.7 Å². The molecule has 5 heteroatoms. The summed E-state index contributed by atoms with van der Waals surface area (Å²) in [6, 6.07) is 0.941. The summed E-state index contributed by atoms with van der Waals surface area (Å²) in [7, 11) is 0. The van der Waals surface area contributed by atoms with Crippen molar-refractivity contribution in [1.82, 2.24) is 15.2 Å². The van der Waals surface area contributed by atoms with Crippen molar-refractivity contribution in [3.05, 3.63) is 16.6 Å². The Morgan fingerprint density at radius 1 is 1.32 bits per heavy atom. The minimum absolute atomic E-state index is 0.115. The van der Waals surface area contributed by atoms with Crippen LogP contribution in [0, 0.1) is 0 Å². The fourth-order valence-corrected chi connectivity index (χ4v) is 3.35. The van der Waals surface area contributed by atoms with Crippen molar-refractivity contribution in [2.45, 2.75) is 63.6 Å². The highest BCUT2D eigenvalue weighted by atomic mass is 32.1. The van der Waals surface area contributed by atoms with Gasteiger partial charge in [-0.05, 0) is 25.7 Å². The van der Waals surface area contributed by atoms with Crippen LogP contribution in [0.4, 0.5) is 4.79 Å². The monoisotopic (exact) mass is 279 g/mol. The number of carbonyl (C=O) groups is 1. The van der Waals surface area contributed by atoms with Gasteiger partial charge in [0.25, 0.3) is 0 Å². The normalized spacial score (nSPS) is 20.2. The van der Waals surface area contributed by atoms with Crippen molar-refractivity contribution >= 4 is 17.4 Å². The highest BCUT2D eigenvalue weighted by molar-refractivity contribution is 7.09. The van der Waals surface area contributed by atoms with Crippen molar-refractivity contribution in [2.75, 3.05) is 0 Å². The number of urea groups is 1. The lowest BCUT2D eigenvalue weighted by molar-refractivity contribution is 0.184. The van der Waals surface area contributed by atoms with Crippen LogP contribution in [0.5, 0.6) is 0 Å². The van der Waals surface area contributed by atoms with Gasteiger partial charge in [-0.15, -0.1) is 11.3 Å². The minimum Gasteiger partial charge on any atom is -0.335 e. The fourth-order valence-electron chi connectivity index (χ4n) is 2.73. The fraction of sp³-hybridized carbons (Fsp3) is 0.714. The van der Waals surface area contributed by atoms with Crippen LogP contribution in [-0.2, 0) is 6.54 Å². The summed E-state index contributed by atoms with van der Waals surface area (Å²) in [4.78, 5) is 18.7. The third-order valence-corrected chi connectivity index (χ3v) is 4.73. The number of nitrogens with zero attached hydrogens (tertiary/aromatic N) is 2. The second-order valence-corrected chi connectivity index (χ2v) is 6.55. The number of hydrogen-bond acceptors (Lipinski definition) is 3. The van der Waals surface area contributed by atoms with Crippen molar-refractivity contribution in [2.24, 2.45) is 0 Å². The second-order valence-electron chi connectivity index (χ2n) is 5.57. The molecule has 2 aliphatic carbocycles. The molecule has 3 rings (SSSR count).